The number of aromatic nitrogens is 2. The summed E-state index contributed by atoms with van der Waals surface area (Å²) in [4.78, 5) is 29.8. The Morgan fingerprint density at radius 3 is 2.73 bits per heavy atom. The van der Waals surface area contributed by atoms with E-state index in [9.17, 15) is 23.3 Å². The summed E-state index contributed by atoms with van der Waals surface area (Å²) in [5.41, 5.74) is 5.52. The number of ether oxygens (including phenoxy) is 1. The van der Waals surface area contributed by atoms with Gasteiger partial charge in [0.25, 0.3) is 15.6 Å². The molecule has 5 rings (SSSR count). The van der Waals surface area contributed by atoms with E-state index in [4.69, 9.17) is 4.74 Å². The smallest absolute Gasteiger partial charge is 0.349 e. The number of nitrogens with one attached hydrogen (secondary N) is 2. The first-order chi connectivity index (χ1) is 19.2. The molecule has 11 nitrogen and oxygen atoms in total. The SMILES string of the molecule is CCOC(=O)/C(C#N)=C/S(=O)(=O)Nc1cc(-n2c(=O)ccc3cnc4ccc(N5C=CCN5)cc4c32)ccc1C. The Balaban J connectivity index is 1.64. The highest BCUT2D eigenvalue weighted by Gasteiger charge is 2.18. The van der Waals surface area contributed by atoms with Gasteiger partial charge in [-0.25, -0.2) is 18.6 Å². The van der Waals surface area contributed by atoms with Gasteiger partial charge in [-0.1, -0.05) is 12.1 Å². The molecule has 0 amide bonds. The van der Waals surface area contributed by atoms with E-state index in [-0.39, 0.29) is 17.9 Å². The van der Waals surface area contributed by atoms with Crippen LogP contribution in [-0.2, 0) is 19.6 Å². The molecule has 0 fully saturated rings. The van der Waals surface area contributed by atoms with Crippen LogP contribution < -0.4 is 20.7 Å². The lowest BCUT2D eigenvalue weighted by Gasteiger charge is -2.18. The molecule has 0 spiro atoms. The molecule has 0 radical (unpaired) electrons. The fraction of sp³-hybridized carbons (Fsp3) is 0.143. The van der Waals surface area contributed by atoms with Gasteiger partial charge < -0.3 is 4.74 Å². The van der Waals surface area contributed by atoms with Gasteiger partial charge in [-0.05, 0) is 55.8 Å². The molecule has 0 bridgehead atoms. The van der Waals surface area contributed by atoms with Crippen molar-refractivity contribution in [1.82, 2.24) is 15.0 Å². The van der Waals surface area contributed by atoms with Crippen molar-refractivity contribution in [3.05, 3.63) is 93.9 Å². The number of sulfonamides is 1. The van der Waals surface area contributed by atoms with E-state index in [1.807, 2.05) is 35.5 Å². The van der Waals surface area contributed by atoms with Gasteiger partial charge >= 0.3 is 5.97 Å². The molecule has 3 heterocycles. The Labute approximate surface area is 229 Å². The molecule has 1 aliphatic rings. The summed E-state index contributed by atoms with van der Waals surface area (Å²) in [6, 6.07) is 15.3. The Hall–Kier alpha value is -4.99. The molecule has 0 saturated carbocycles. The van der Waals surface area contributed by atoms with Crippen molar-refractivity contribution in [2.75, 3.05) is 22.9 Å². The number of hydrazine groups is 1. The van der Waals surface area contributed by atoms with Crippen LogP contribution in [0.5, 0.6) is 0 Å². The van der Waals surface area contributed by atoms with Crippen molar-refractivity contribution in [3.63, 3.8) is 0 Å². The number of aryl methyl sites for hydroxylation is 1. The first kappa shape index (κ1) is 26.6. The van der Waals surface area contributed by atoms with E-state index in [1.165, 1.54) is 16.7 Å². The quantitative estimate of drug-likeness (QED) is 0.151. The Kier molecular flexibility index (Phi) is 7.08. The van der Waals surface area contributed by atoms with E-state index in [1.54, 1.807) is 44.3 Å². The number of pyridine rings is 2. The number of anilines is 2. The molecule has 4 aromatic rings. The molecular weight excluding hydrogens is 532 g/mol. The number of esters is 1. The molecule has 2 aromatic heterocycles. The second kappa shape index (κ2) is 10.6. The number of carbonyl (C=O) groups excluding carboxylic acids is 1. The Morgan fingerprint density at radius 2 is 2.00 bits per heavy atom. The monoisotopic (exact) mass is 556 g/mol. The maximum Gasteiger partial charge on any atom is 0.349 e. The van der Waals surface area contributed by atoms with Crippen LogP contribution in [0.3, 0.4) is 0 Å². The van der Waals surface area contributed by atoms with Crippen LogP contribution in [0.25, 0.3) is 27.5 Å². The van der Waals surface area contributed by atoms with Gasteiger partial charge in [-0.3, -0.25) is 24.1 Å². The summed E-state index contributed by atoms with van der Waals surface area (Å²) in [7, 11) is -4.28. The number of hydrogen-bond donors (Lipinski definition) is 2. The topological polar surface area (TPSA) is 146 Å². The second-order valence-electron chi connectivity index (χ2n) is 8.90. The van der Waals surface area contributed by atoms with Crippen LogP contribution in [-0.4, -0.2) is 37.1 Å². The van der Waals surface area contributed by atoms with Crippen molar-refractivity contribution < 1.29 is 17.9 Å². The molecule has 2 N–H and O–H groups in total. The first-order valence-corrected chi connectivity index (χ1v) is 13.8. The standard InChI is InChI=1S/C28H24N6O5S/c1-3-39-28(36)20(15-29)17-40(37,38)32-25-14-22(7-5-18(25)2)34-26(35)10-6-19-16-30-24-9-8-21(13-23(24)27(19)34)33-12-4-11-31-33/h4-10,12-14,16-17,31-32H,3,11H2,1-2H3/b20-17+. The minimum atomic E-state index is -4.28. The maximum absolute atomic E-state index is 13.3. The van der Waals surface area contributed by atoms with Gasteiger partial charge in [0.15, 0.2) is 5.57 Å². The molecule has 1 aliphatic heterocycles. The lowest BCUT2D eigenvalue weighted by molar-refractivity contribution is -0.138. The Bertz CT molecular complexity index is 1940. The van der Waals surface area contributed by atoms with Crippen LogP contribution in [0.15, 0.2) is 82.8 Å². The summed E-state index contributed by atoms with van der Waals surface area (Å²) in [6.45, 7) is 3.92. The summed E-state index contributed by atoms with van der Waals surface area (Å²) in [6.07, 6.45) is 5.58. The zero-order valence-electron chi connectivity index (χ0n) is 21.6. The number of nitrogens with zero attached hydrogens (tertiary/aromatic N) is 4. The van der Waals surface area contributed by atoms with Gasteiger partial charge in [0.1, 0.15) is 6.07 Å². The van der Waals surface area contributed by atoms with Crippen LogP contribution >= 0.6 is 0 Å². The molecule has 12 heteroatoms. The lowest BCUT2D eigenvalue weighted by atomic mass is 10.1. The number of fused-ring (bicyclic) bond motifs is 3. The largest absolute Gasteiger partial charge is 0.462 e. The second-order valence-corrected chi connectivity index (χ2v) is 10.4. The minimum Gasteiger partial charge on any atom is -0.462 e. The van der Waals surface area contributed by atoms with Gasteiger partial charge in [0, 0.05) is 35.8 Å². The highest BCUT2D eigenvalue weighted by Crippen LogP contribution is 2.30. The van der Waals surface area contributed by atoms with Crippen LogP contribution in [0, 0.1) is 18.3 Å². The highest BCUT2D eigenvalue weighted by molar-refractivity contribution is 7.95. The molecular formula is C28H24N6O5S. The summed E-state index contributed by atoms with van der Waals surface area (Å²) >= 11 is 0. The van der Waals surface area contributed by atoms with Crippen molar-refractivity contribution in [3.8, 4) is 11.8 Å². The third kappa shape index (κ3) is 5.15. The van der Waals surface area contributed by atoms with Gasteiger partial charge in [0.2, 0.25) is 0 Å². The fourth-order valence-electron chi connectivity index (χ4n) is 4.37. The van der Waals surface area contributed by atoms with Gasteiger partial charge in [0.05, 0.1) is 40.1 Å². The van der Waals surface area contributed by atoms with Gasteiger partial charge in [-0.2, -0.15) is 5.26 Å². The molecule has 0 atom stereocenters. The number of benzene rings is 2. The van der Waals surface area contributed by atoms with E-state index in [0.29, 0.717) is 39.6 Å². The van der Waals surface area contributed by atoms with E-state index >= 15 is 0 Å². The summed E-state index contributed by atoms with van der Waals surface area (Å²) in [5, 5.41) is 13.1. The fourth-order valence-corrected chi connectivity index (χ4v) is 5.42. The van der Waals surface area contributed by atoms with E-state index < -0.39 is 21.6 Å². The number of carbonyl (C=O) groups is 1. The molecule has 0 aliphatic carbocycles. The predicted octanol–water partition coefficient (Wildman–Crippen LogP) is 3.40. The van der Waals surface area contributed by atoms with E-state index in [0.717, 1.165) is 11.1 Å². The molecule has 40 heavy (non-hydrogen) atoms. The molecule has 0 unspecified atom stereocenters. The maximum atomic E-state index is 13.3. The molecule has 0 saturated heterocycles. The highest BCUT2D eigenvalue weighted by atomic mass is 32.2. The van der Waals surface area contributed by atoms with Crippen LogP contribution in [0.4, 0.5) is 11.4 Å². The summed E-state index contributed by atoms with van der Waals surface area (Å²) < 4.78 is 34.4. The average molecular weight is 557 g/mol. The van der Waals surface area contributed by atoms with E-state index in [2.05, 4.69) is 15.1 Å². The van der Waals surface area contributed by atoms with Crippen LogP contribution in [0.1, 0.15) is 12.5 Å². The zero-order valence-corrected chi connectivity index (χ0v) is 22.4. The molecule has 202 valence electrons. The number of hydrogen-bond acceptors (Lipinski definition) is 9. The predicted molar refractivity (Wildman–Crippen MR) is 152 cm³/mol. The van der Waals surface area contributed by atoms with Crippen molar-refractivity contribution >= 4 is 49.2 Å². The minimum absolute atomic E-state index is 0.0107. The average Bonchev–Trinajstić information content (AvgIpc) is 3.48. The number of rotatable bonds is 7. The van der Waals surface area contributed by atoms with Crippen molar-refractivity contribution in [2.24, 2.45) is 0 Å². The Morgan fingerprint density at radius 1 is 1.20 bits per heavy atom. The van der Waals surface area contributed by atoms with Crippen molar-refractivity contribution in [1.29, 1.82) is 5.26 Å². The lowest BCUT2D eigenvalue weighted by Crippen LogP contribution is -2.28. The number of nitriles is 1. The van der Waals surface area contributed by atoms with Crippen LogP contribution in [0.2, 0.25) is 0 Å². The molecule has 2 aromatic carbocycles. The first-order valence-electron chi connectivity index (χ1n) is 12.3. The normalized spacial score (nSPS) is 13.5. The third-order valence-electron chi connectivity index (χ3n) is 6.23. The van der Waals surface area contributed by atoms with Crippen molar-refractivity contribution in [2.45, 2.75) is 13.8 Å². The summed E-state index contributed by atoms with van der Waals surface area (Å²) in [5.74, 6) is -1.04. The third-order valence-corrected chi connectivity index (χ3v) is 7.28. The van der Waals surface area contributed by atoms with Gasteiger partial charge in [-0.15, -0.1) is 0 Å². The zero-order chi connectivity index (χ0) is 28.4.